The number of aryl methyl sites for hydroxylation is 1. The molecule has 0 atom stereocenters. The molecule has 98 valence electrons. The first-order valence-corrected chi connectivity index (χ1v) is 6.74. The first-order chi connectivity index (χ1) is 8.50. The highest BCUT2D eigenvalue weighted by molar-refractivity contribution is 7.99. The molecule has 0 aliphatic carbocycles. The summed E-state index contributed by atoms with van der Waals surface area (Å²) in [5.74, 6) is -0.317. The van der Waals surface area contributed by atoms with Crippen molar-refractivity contribution in [1.82, 2.24) is 0 Å². The lowest BCUT2D eigenvalue weighted by Crippen LogP contribution is -2.09. The third-order valence-corrected chi connectivity index (χ3v) is 3.61. The largest absolute Gasteiger partial charge is 0.478 e. The molecule has 0 aromatic heterocycles. The number of carboxylic acid groups (broad SMARTS) is 1. The van der Waals surface area contributed by atoms with Crippen LogP contribution in [0.5, 0.6) is 0 Å². The van der Waals surface area contributed by atoms with Crippen molar-refractivity contribution >= 4 is 23.6 Å². The maximum Gasteiger partial charge on any atom is 0.335 e. The fourth-order valence-corrected chi connectivity index (χ4v) is 2.46. The molecular weight excluding hydrogens is 250 g/mol. The Morgan fingerprint density at radius 2 is 2.06 bits per heavy atom. The summed E-state index contributed by atoms with van der Waals surface area (Å²) in [7, 11) is 0. The molecular formula is C13H17NO3S. The highest BCUT2D eigenvalue weighted by Gasteiger charge is 2.07. The molecule has 0 aliphatic heterocycles. The summed E-state index contributed by atoms with van der Waals surface area (Å²) in [6.45, 7) is 1.78. The minimum absolute atomic E-state index is 0.275. The van der Waals surface area contributed by atoms with E-state index in [0.29, 0.717) is 12.0 Å². The Labute approximate surface area is 111 Å². The fourth-order valence-electron chi connectivity index (χ4n) is 1.51. The van der Waals surface area contributed by atoms with Crippen LogP contribution in [0.25, 0.3) is 0 Å². The van der Waals surface area contributed by atoms with Crippen LogP contribution in [-0.2, 0) is 4.79 Å². The van der Waals surface area contributed by atoms with Gasteiger partial charge in [-0.25, -0.2) is 4.79 Å². The number of aromatic carboxylic acids is 1. The van der Waals surface area contributed by atoms with Crippen LogP contribution in [0.3, 0.4) is 0 Å². The van der Waals surface area contributed by atoms with Gasteiger partial charge >= 0.3 is 5.97 Å². The van der Waals surface area contributed by atoms with Crippen LogP contribution in [-0.4, -0.2) is 22.7 Å². The van der Waals surface area contributed by atoms with E-state index in [1.807, 2.05) is 12.1 Å². The maximum absolute atomic E-state index is 11.0. The number of amides is 1. The quantitative estimate of drug-likeness (QED) is 0.587. The number of hydrogen-bond donors (Lipinski definition) is 2. The van der Waals surface area contributed by atoms with E-state index in [9.17, 15) is 9.59 Å². The number of unbranched alkanes of at least 4 members (excludes halogenated alkanes) is 1. The Bertz CT molecular complexity index is 446. The molecule has 0 aliphatic rings. The zero-order chi connectivity index (χ0) is 13.5. The second kappa shape index (κ2) is 7.06. The van der Waals surface area contributed by atoms with Crippen LogP contribution >= 0.6 is 11.8 Å². The summed E-state index contributed by atoms with van der Waals surface area (Å²) < 4.78 is 0. The van der Waals surface area contributed by atoms with Gasteiger partial charge in [0.2, 0.25) is 5.91 Å². The second-order valence-electron chi connectivity index (χ2n) is 4.05. The normalized spacial score (nSPS) is 10.3. The fraction of sp³-hybridized carbons (Fsp3) is 0.385. The number of thioether (sulfide) groups is 1. The van der Waals surface area contributed by atoms with Crippen LogP contribution in [0.2, 0.25) is 0 Å². The number of carbonyl (C=O) groups excluding carboxylic acids is 1. The molecule has 0 radical (unpaired) electrons. The van der Waals surface area contributed by atoms with E-state index in [4.69, 9.17) is 10.8 Å². The lowest BCUT2D eigenvalue weighted by atomic mass is 10.1. The molecule has 1 rings (SSSR count). The van der Waals surface area contributed by atoms with Crippen LogP contribution in [0.1, 0.15) is 35.2 Å². The number of benzene rings is 1. The first kappa shape index (κ1) is 14.6. The van der Waals surface area contributed by atoms with Gasteiger partial charge in [-0.2, -0.15) is 0 Å². The molecule has 0 saturated heterocycles. The van der Waals surface area contributed by atoms with E-state index >= 15 is 0 Å². The maximum atomic E-state index is 11.0. The van der Waals surface area contributed by atoms with Gasteiger partial charge in [0.1, 0.15) is 0 Å². The topological polar surface area (TPSA) is 80.4 Å². The number of primary amides is 1. The smallest absolute Gasteiger partial charge is 0.335 e. The summed E-state index contributed by atoms with van der Waals surface area (Å²) in [4.78, 5) is 22.4. The van der Waals surface area contributed by atoms with Crippen LogP contribution in [0.4, 0.5) is 0 Å². The Balaban J connectivity index is 2.45. The molecule has 0 spiro atoms. The molecule has 0 fully saturated rings. The third-order valence-electron chi connectivity index (χ3n) is 2.53. The molecule has 1 aromatic rings. The molecule has 18 heavy (non-hydrogen) atoms. The van der Waals surface area contributed by atoms with Crippen LogP contribution < -0.4 is 5.73 Å². The predicted octanol–water partition coefficient (Wildman–Crippen LogP) is 2.44. The van der Waals surface area contributed by atoms with Gasteiger partial charge in [0.15, 0.2) is 0 Å². The highest BCUT2D eigenvalue weighted by atomic mass is 32.2. The summed E-state index contributed by atoms with van der Waals surface area (Å²) in [5.41, 5.74) is 6.15. The minimum Gasteiger partial charge on any atom is -0.478 e. The van der Waals surface area contributed by atoms with Gasteiger partial charge in [-0.3, -0.25) is 4.79 Å². The number of carboxylic acids is 1. The average molecular weight is 267 g/mol. The number of nitrogens with two attached hydrogens (primary N) is 1. The Morgan fingerprint density at radius 3 is 2.67 bits per heavy atom. The Morgan fingerprint density at radius 1 is 1.33 bits per heavy atom. The molecule has 1 amide bonds. The van der Waals surface area contributed by atoms with Crippen molar-refractivity contribution in [2.75, 3.05) is 5.75 Å². The average Bonchev–Trinajstić information content (AvgIpc) is 2.30. The van der Waals surface area contributed by atoms with Gasteiger partial charge in [0.25, 0.3) is 0 Å². The molecule has 4 nitrogen and oxygen atoms in total. The zero-order valence-electron chi connectivity index (χ0n) is 10.3. The minimum atomic E-state index is -0.899. The van der Waals surface area contributed by atoms with Crippen LogP contribution in [0.15, 0.2) is 23.1 Å². The first-order valence-electron chi connectivity index (χ1n) is 5.75. The SMILES string of the molecule is Cc1ccc(SCCCCC(N)=O)cc1C(=O)O. The van der Waals surface area contributed by atoms with E-state index in [0.717, 1.165) is 29.1 Å². The Hall–Kier alpha value is -1.49. The van der Waals surface area contributed by atoms with E-state index < -0.39 is 5.97 Å². The van der Waals surface area contributed by atoms with E-state index in [1.165, 1.54) is 0 Å². The number of hydrogen-bond acceptors (Lipinski definition) is 3. The lowest BCUT2D eigenvalue weighted by Gasteiger charge is -2.05. The second-order valence-corrected chi connectivity index (χ2v) is 5.22. The molecule has 3 N–H and O–H groups in total. The molecule has 0 heterocycles. The van der Waals surface area contributed by atoms with Crippen molar-refractivity contribution in [2.45, 2.75) is 31.1 Å². The van der Waals surface area contributed by atoms with Crippen molar-refractivity contribution in [3.8, 4) is 0 Å². The predicted molar refractivity (Wildman–Crippen MR) is 71.9 cm³/mol. The molecule has 0 saturated carbocycles. The molecule has 0 bridgehead atoms. The third kappa shape index (κ3) is 4.79. The number of carbonyl (C=O) groups is 2. The van der Waals surface area contributed by atoms with Gasteiger partial charge in [0, 0.05) is 11.3 Å². The summed E-state index contributed by atoms with van der Waals surface area (Å²) in [5, 5.41) is 9.00. The van der Waals surface area contributed by atoms with Crippen molar-refractivity contribution in [1.29, 1.82) is 0 Å². The lowest BCUT2D eigenvalue weighted by molar-refractivity contribution is -0.118. The van der Waals surface area contributed by atoms with Crippen molar-refractivity contribution < 1.29 is 14.7 Å². The molecule has 5 heteroatoms. The zero-order valence-corrected chi connectivity index (χ0v) is 11.1. The monoisotopic (exact) mass is 267 g/mol. The molecule has 1 aromatic carbocycles. The van der Waals surface area contributed by atoms with Gasteiger partial charge in [-0.15, -0.1) is 11.8 Å². The van der Waals surface area contributed by atoms with Gasteiger partial charge in [-0.05, 0) is 43.2 Å². The van der Waals surface area contributed by atoms with Crippen molar-refractivity contribution in [3.63, 3.8) is 0 Å². The van der Waals surface area contributed by atoms with E-state index in [1.54, 1.807) is 24.8 Å². The molecule has 0 unspecified atom stereocenters. The van der Waals surface area contributed by atoms with E-state index in [2.05, 4.69) is 0 Å². The van der Waals surface area contributed by atoms with Crippen molar-refractivity contribution in [3.05, 3.63) is 29.3 Å². The van der Waals surface area contributed by atoms with Gasteiger partial charge in [0.05, 0.1) is 5.56 Å². The van der Waals surface area contributed by atoms with Crippen molar-refractivity contribution in [2.24, 2.45) is 5.73 Å². The summed E-state index contributed by atoms with van der Waals surface area (Å²) >= 11 is 1.60. The standard InChI is InChI=1S/C13H17NO3S/c1-9-5-6-10(8-11(9)13(16)17)18-7-3-2-4-12(14)15/h5-6,8H,2-4,7H2,1H3,(H2,14,15)(H,16,17). The van der Waals surface area contributed by atoms with Crippen LogP contribution in [0, 0.1) is 6.92 Å². The van der Waals surface area contributed by atoms with E-state index in [-0.39, 0.29) is 5.91 Å². The Kier molecular flexibility index (Phi) is 5.71. The highest BCUT2D eigenvalue weighted by Crippen LogP contribution is 2.22. The number of rotatable bonds is 7. The summed E-state index contributed by atoms with van der Waals surface area (Å²) in [6, 6.07) is 5.42. The van der Waals surface area contributed by atoms with Gasteiger partial charge < -0.3 is 10.8 Å². The van der Waals surface area contributed by atoms with Gasteiger partial charge in [-0.1, -0.05) is 6.07 Å². The summed E-state index contributed by atoms with van der Waals surface area (Å²) in [6.07, 6.45) is 2.08.